The van der Waals surface area contributed by atoms with Gasteiger partial charge in [-0.2, -0.15) is 0 Å². The Morgan fingerprint density at radius 3 is 2.15 bits per heavy atom. The molecule has 2 heterocycles. The lowest BCUT2D eigenvalue weighted by molar-refractivity contribution is -0.323. The summed E-state index contributed by atoms with van der Waals surface area (Å²) >= 11 is 0. The number of fused-ring (bicyclic) bond motifs is 7. The Balaban J connectivity index is 1.16. The molecule has 7 aliphatic rings. The molecule has 5 aliphatic carbocycles. The van der Waals surface area contributed by atoms with Crippen molar-refractivity contribution >= 4 is 11.9 Å². The lowest BCUT2D eigenvalue weighted by Gasteiger charge is -2.70. The predicted molar refractivity (Wildman–Crippen MR) is 192 cm³/mol. The van der Waals surface area contributed by atoms with Gasteiger partial charge in [0.15, 0.2) is 12.4 Å². The van der Waals surface area contributed by atoms with Gasteiger partial charge in [0.05, 0.1) is 18.1 Å². The second-order valence-corrected chi connectivity index (χ2v) is 19.8. The van der Waals surface area contributed by atoms with Crippen molar-refractivity contribution in [3.8, 4) is 0 Å². The molecule has 7 rings (SSSR count). The molecule has 5 fully saturated rings. The predicted octanol–water partition coefficient (Wildman–Crippen LogP) is 2.82. The van der Waals surface area contributed by atoms with E-state index in [1.54, 1.807) is 0 Å². The van der Waals surface area contributed by atoms with Crippen LogP contribution in [0.15, 0.2) is 23.8 Å². The minimum absolute atomic E-state index is 0.0272. The summed E-state index contributed by atoms with van der Waals surface area (Å²) < 4.78 is 23.3. The van der Waals surface area contributed by atoms with Gasteiger partial charge in [-0.05, 0) is 84.9 Å². The number of carboxylic acid groups (broad SMARTS) is 1. The number of ether oxygens (including phenoxy) is 4. The molecule has 2 aliphatic heterocycles. The van der Waals surface area contributed by atoms with Crippen LogP contribution in [0, 0.1) is 50.2 Å². The van der Waals surface area contributed by atoms with Crippen molar-refractivity contribution in [3.05, 3.63) is 23.8 Å². The number of hydrogen-bond acceptors (Lipinski definition) is 12. The van der Waals surface area contributed by atoms with Gasteiger partial charge in [0.25, 0.3) is 0 Å². The molecule has 0 aromatic heterocycles. The van der Waals surface area contributed by atoms with E-state index in [-0.39, 0.29) is 46.0 Å². The van der Waals surface area contributed by atoms with Crippen LogP contribution in [0.4, 0.5) is 0 Å². The first-order valence-corrected chi connectivity index (χ1v) is 19.9. The number of carbonyl (C=O) groups is 2. The number of aliphatic hydroxyl groups is 6. The molecule has 0 amide bonds. The maximum Gasteiger partial charge on any atom is 0.335 e. The Hall–Kier alpha value is -1.94. The van der Waals surface area contributed by atoms with Gasteiger partial charge in [-0.1, -0.05) is 72.3 Å². The van der Waals surface area contributed by atoms with E-state index in [0.29, 0.717) is 12.8 Å². The van der Waals surface area contributed by atoms with E-state index in [1.807, 2.05) is 0 Å². The minimum atomic E-state index is -1.78. The highest BCUT2D eigenvalue weighted by Crippen LogP contribution is 2.74. The minimum Gasteiger partial charge on any atom is -0.479 e. The molecule has 13 nitrogen and oxygen atoms in total. The molecule has 0 aromatic rings. The van der Waals surface area contributed by atoms with Crippen LogP contribution in [-0.2, 0) is 28.5 Å². The Kier molecular flexibility index (Phi) is 9.92. The van der Waals surface area contributed by atoms with Gasteiger partial charge in [0.2, 0.25) is 6.29 Å². The summed E-state index contributed by atoms with van der Waals surface area (Å²) in [7, 11) is 0. The summed E-state index contributed by atoms with van der Waals surface area (Å²) in [5.41, 5.74) is -0.799. The van der Waals surface area contributed by atoms with Crippen LogP contribution in [0.2, 0.25) is 0 Å². The molecule has 0 bridgehead atoms. The van der Waals surface area contributed by atoms with Crippen LogP contribution < -0.4 is 0 Å². The monoisotopic (exact) mass is 762 g/mol. The SMILES string of the molecule is CC1(C)CCC2(C(=O)OC3OCC(O)C(O)C3O)C=CC3(C)C(=CCC4C5(C)CCC(OC6OC(C(=O)O)C(O)C(O)C6O)C(C)(C)C5CCC43C)C2C1. The smallest absolute Gasteiger partial charge is 0.335 e. The third-order valence-corrected chi connectivity index (χ3v) is 16.2. The second-order valence-electron chi connectivity index (χ2n) is 19.8. The highest BCUT2D eigenvalue weighted by molar-refractivity contribution is 5.81. The zero-order chi connectivity index (χ0) is 39.6. The van der Waals surface area contributed by atoms with Crippen molar-refractivity contribution in [2.75, 3.05) is 6.61 Å². The van der Waals surface area contributed by atoms with Gasteiger partial charge in [-0.3, -0.25) is 4.79 Å². The standard InChI is InChI=1S/C41H62O13/c1-36(2)14-16-41(35(50)54-33-29(46)26(43)22(42)19-51-33)17-15-39(6)20(21(41)18-36)8-9-24-38(5)12-11-25(37(3,4)23(38)10-13-40(24,39)7)52-34-30(47)27(44)28(45)31(53-34)32(48)49/h8,15,17,21-31,33-34,42-47H,9-14,16,18-19H2,1-7H3,(H,48,49). The molecular weight excluding hydrogens is 700 g/mol. The number of esters is 1. The average Bonchev–Trinajstić information content (AvgIpc) is 3.09. The summed E-state index contributed by atoms with van der Waals surface area (Å²) in [6, 6.07) is 0. The first kappa shape index (κ1) is 40.3. The van der Waals surface area contributed by atoms with Crippen molar-refractivity contribution < 1.29 is 64.3 Å². The van der Waals surface area contributed by atoms with Crippen LogP contribution in [0.5, 0.6) is 0 Å². The average molecular weight is 763 g/mol. The quantitative estimate of drug-likeness (QED) is 0.122. The fraction of sp³-hybridized carbons (Fsp3) is 0.854. The molecule has 304 valence electrons. The molecule has 0 spiro atoms. The number of aliphatic carboxylic acids is 1. The Labute approximate surface area is 317 Å². The van der Waals surface area contributed by atoms with Gasteiger partial charge in [-0.15, -0.1) is 0 Å². The van der Waals surface area contributed by atoms with Crippen molar-refractivity contribution in [3.63, 3.8) is 0 Å². The summed E-state index contributed by atoms with van der Waals surface area (Å²) in [4.78, 5) is 26.2. The number of allylic oxidation sites excluding steroid dienone is 3. The first-order valence-electron chi connectivity index (χ1n) is 19.9. The molecule has 13 heteroatoms. The number of rotatable bonds is 5. The fourth-order valence-corrected chi connectivity index (χ4v) is 12.7. The molecular formula is C41H62O13. The Bertz CT molecular complexity index is 1560. The van der Waals surface area contributed by atoms with Gasteiger partial charge in [-0.25, -0.2) is 4.79 Å². The lowest BCUT2D eigenvalue weighted by atomic mass is 9.34. The van der Waals surface area contributed by atoms with Crippen LogP contribution in [-0.4, -0.2) is 116 Å². The molecule has 17 atom stereocenters. The lowest BCUT2D eigenvalue weighted by Crippen LogP contribution is -2.65. The van der Waals surface area contributed by atoms with E-state index in [2.05, 4.69) is 66.7 Å². The largest absolute Gasteiger partial charge is 0.479 e. The number of hydrogen-bond donors (Lipinski definition) is 7. The molecule has 2 saturated heterocycles. The summed E-state index contributed by atoms with van der Waals surface area (Å²) in [6.07, 6.45) is -1.39. The highest BCUT2D eigenvalue weighted by Gasteiger charge is 2.69. The van der Waals surface area contributed by atoms with Crippen LogP contribution in [0.25, 0.3) is 0 Å². The number of carbonyl (C=O) groups excluding carboxylic acids is 1. The maximum absolute atomic E-state index is 14.4. The van der Waals surface area contributed by atoms with Crippen molar-refractivity contribution in [1.29, 1.82) is 0 Å². The molecule has 0 radical (unpaired) electrons. The van der Waals surface area contributed by atoms with E-state index < -0.39 is 84.2 Å². The van der Waals surface area contributed by atoms with Crippen molar-refractivity contribution in [2.24, 2.45) is 50.2 Å². The first-order chi connectivity index (χ1) is 25.0. The van der Waals surface area contributed by atoms with E-state index in [1.165, 1.54) is 5.57 Å². The van der Waals surface area contributed by atoms with E-state index in [4.69, 9.17) is 18.9 Å². The van der Waals surface area contributed by atoms with E-state index >= 15 is 0 Å². The number of aliphatic hydroxyl groups excluding tert-OH is 6. The van der Waals surface area contributed by atoms with Gasteiger partial charge >= 0.3 is 11.9 Å². The van der Waals surface area contributed by atoms with Crippen LogP contribution >= 0.6 is 0 Å². The molecule has 7 N–H and O–H groups in total. The van der Waals surface area contributed by atoms with Gasteiger partial charge in [0.1, 0.15) is 36.6 Å². The van der Waals surface area contributed by atoms with Crippen LogP contribution in [0.3, 0.4) is 0 Å². The highest BCUT2D eigenvalue weighted by atomic mass is 16.7. The topological polar surface area (TPSA) is 213 Å². The van der Waals surface area contributed by atoms with Crippen molar-refractivity contribution in [1.82, 2.24) is 0 Å². The summed E-state index contributed by atoms with van der Waals surface area (Å²) in [5, 5.41) is 71.9. The molecule has 54 heavy (non-hydrogen) atoms. The van der Waals surface area contributed by atoms with Gasteiger partial charge in [0, 0.05) is 11.3 Å². The third-order valence-electron chi connectivity index (χ3n) is 16.2. The van der Waals surface area contributed by atoms with Crippen LogP contribution in [0.1, 0.15) is 99.8 Å². The zero-order valence-corrected chi connectivity index (χ0v) is 32.7. The fourth-order valence-electron chi connectivity index (χ4n) is 12.7. The van der Waals surface area contributed by atoms with E-state index in [9.17, 15) is 45.3 Å². The zero-order valence-electron chi connectivity index (χ0n) is 32.7. The molecule has 3 saturated carbocycles. The summed E-state index contributed by atoms with van der Waals surface area (Å²) in [6.45, 7) is 15.7. The summed E-state index contributed by atoms with van der Waals surface area (Å²) in [5.74, 6) is -1.58. The van der Waals surface area contributed by atoms with E-state index in [0.717, 1.165) is 38.5 Å². The second kappa shape index (κ2) is 13.3. The van der Waals surface area contributed by atoms with Crippen molar-refractivity contribution in [2.45, 2.75) is 161 Å². The Morgan fingerprint density at radius 2 is 1.46 bits per heavy atom. The number of carboxylic acids is 1. The third kappa shape index (κ3) is 5.81. The normalized spacial score (nSPS) is 52.1. The van der Waals surface area contributed by atoms with Gasteiger partial charge < -0.3 is 54.7 Å². The maximum atomic E-state index is 14.4. The molecule has 0 aromatic carbocycles. The molecule has 17 unspecified atom stereocenters. The Morgan fingerprint density at radius 1 is 0.778 bits per heavy atom.